The first-order valence-electron chi connectivity index (χ1n) is 5.28. The van der Waals surface area contributed by atoms with Gasteiger partial charge in [-0.15, -0.1) is 0 Å². The molecule has 0 aromatic carbocycles. The maximum Gasteiger partial charge on any atom is 0.354 e. The van der Waals surface area contributed by atoms with Crippen molar-refractivity contribution in [3.63, 3.8) is 0 Å². The van der Waals surface area contributed by atoms with Crippen molar-refractivity contribution in [3.05, 3.63) is 24.0 Å². The molecule has 0 saturated heterocycles. The number of nitrogens with one attached hydrogen (secondary N) is 2. The minimum absolute atomic E-state index is 0.0753. The van der Waals surface area contributed by atoms with Crippen molar-refractivity contribution in [1.82, 2.24) is 10.3 Å². The molecule has 1 unspecified atom stereocenters. The lowest BCUT2D eigenvalue weighted by molar-refractivity contribution is 0.0690. The van der Waals surface area contributed by atoms with E-state index in [1.165, 1.54) is 18.3 Å². The van der Waals surface area contributed by atoms with Crippen molar-refractivity contribution in [2.75, 3.05) is 19.0 Å². The van der Waals surface area contributed by atoms with Crippen molar-refractivity contribution >= 4 is 17.7 Å². The largest absolute Gasteiger partial charge is 0.477 e. The number of pyridine rings is 1. The van der Waals surface area contributed by atoms with E-state index in [4.69, 9.17) is 9.84 Å². The van der Waals surface area contributed by atoms with Gasteiger partial charge in [0.05, 0.1) is 24.5 Å². The Morgan fingerprint density at radius 2 is 2.22 bits per heavy atom. The molecule has 0 spiro atoms. The second-order valence-corrected chi connectivity index (χ2v) is 3.69. The quantitative estimate of drug-likeness (QED) is 0.725. The van der Waals surface area contributed by atoms with Gasteiger partial charge >= 0.3 is 12.0 Å². The van der Waals surface area contributed by atoms with Crippen LogP contribution in [0.15, 0.2) is 18.3 Å². The van der Waals surface area contributed by atoms with Crippen LogP contribution >= 0.6 is 0 Å². The molecule has 18 heavy (non-hydrogen) atoms. The molecule has 1 aromatic heterocycles. The van der Waals surface area contributed by atoms with Gasteiger partial charge in [0, 0.05) is 7.11 Å². The van der Waals surface area contributed by atoms with E-state index in [0.29, 0.717) is 12.3 Å². The van der Waals surface area contributed by atoms with E-state index < -0.39 is 12.0 Å². The maximum absolute atomic E-state index is 11.5. The molecule has 98 valence electrons. The van der Waals surface area contributed by atoms with Crippen LogP contribution in [0.5, 0.6) is 0 Å². The normalized spacial score (nSPS) is 11.7. The molecule has 0 radical (unpaired) electrons. The van der Waals surface area contributed by atoms with Crippen LogP contribution in [0.2, 0.25) is 0 Å². The predicted octanol–water partition coefficient (Wildman–Crippen LogP) is 0.936. The predicted molar refractivity (Wildman–Crippen MR) is 64.7 cm³/mol. The van der Waals surface area contributed by atoms with Crippen LogP contribution in [-0.4, -0.2) is 41.8 Å². The summed E-state index contributed by atoms with van der Waals surface area (Å²) in [7, 11) is 1.55. The number of amides is 2. The smallest absolute Gasteiger partial charge is 0.354 e. The third-order valence-electron chi connectivity index (χ3n) is 2.03. The van der Waals surface area contributed by atoms with Gasteiger partial charge in [-0.05, 0) is 19.1 Å². The summed E-state index contributed by atoms with van der Waals surface area (Å²) in [6.45, 7) is 2.21. The zero-order valence-corrected chi connectivity index (χ0v) is 10.1. The third kappa shape index (κ3) is 4.38. The van der Waals surface area contributed by atoms with Crippen LogP contribution in [0.25, 0.3) is 0 Å². The average Bonchev–Trinajstić information content (AvgIpc) is 2.29. The van der Waals surface area contributed by atoms with Crippen LogP contribution in [0.3, 0.4) is 0 Å². The van der Waals surface area contributed by atoms with Crippen molar-refractivity contribution < 1.29 is 19.4 Å². The van der Waals surface area contributed by atoms with Crippen molar-refractivity contribution in [2.24, 2.45) is 0 Å². The lowest BCUT2D eigenvalue weighted by atomic mass is 10.3. The first-order valence-corrected chi connectivity index (χ1v) is 5.28. The monoisotopic (exact) mass is 253 g/mol. The van der Waals surface area contributed by atoms with Crippen molar-refractivity contribution in [1.29, 1.82) is 0 Å². The van der Waals surface area contributed by atoms with Gasteiger partial charge in [0.2, 0.25) is 0 Å². The Hall–Kier alpha value is -2.15. The number of hydrogen-bond donors (Lipinski definition) is 3. The number of carboxylic acids is 1. The SMILES string of the molecule is COCC(C)NC(=O)Nc1ccc(C(=O)O)nc1. The summed E-state index contributed by atoms with van der Waals surface area (Å²) in [5, 5.41) is 13.8. The molecule has 0 aliphatic rings. The van der Waals surface area contributed by atoms with Gasteiger partial charge in [0.25, 0.3) is 0 Å². The molecular formula is C11H15N3O4. The maximum atomic E-state index is 11.5. The lowest BCUT2D eigenvalue weighted by Gasteiger charge is -2.13. The summed E-state index contributed by atoms with van der Waals surface area (Å²) in [6.07, 6.45) is 1.28. The number of urea groups is 1. The number of anilines is 1. The van der Waals surface area contributed by atoms with E-state index in [1.807, 2.05) is 0 Å². The molecule has 1 heterocycles. The summed E-state index contributed by atoms with van der Waals surface area (Å²) in [4.78, 5) is 25.8. The van der Waals surface area contributed by atoms with E-state index in [2.05, 4.69) is 15.6 Å². The Morgan fingerprint density at radius 1 is 1.50 bits per heavy atom. The summed E-state index contributed by atoms with van der Waals surface area (Å²) in [5.74, 6) is -1.11. The van der Waals surface area contributed by atoms with E-state index in [1.54, 1.807) is 14.0 Å². The molecule has 1 rings (SSSR count). The van der Waals surface area contributed by atoms with Crippen molar-refractivity contribution in [3.8, 4) is 0 Å². The van der Waals surface area contributed by atoms with E-state index in [-0.39, 0.29) is 11.7 Å². The Bertz CT molecular complexity index is 419. The zero-order chi connectivity index (χ0) is 13.5. The van der Waals surface area contributed by atoms with Gasteiger partial charge < -0.3 is 20.5 Å². The fourth-order valence-corrected chi connectivity index (χ4v) is 1.28. The summed E-state index contributed by atoms with van der Waals surface area (Å²) < 4.78 is 4.88. The highest BCUT2D eigenvalue weighted by molar-refractivity contribution is 5.90. The zero-order valence-electron chi connectivity index (χ0n) is 10.1. The number of rotatable bonds is 5. The van der Waals surface area contributed by atoms with E-state index >= 15 is 0 Å². The molecule has 1 atom stereocenters. The molecule has 7 heteroatoms. The summed E-state index contributed by atoms with van der Waals surface area (Å²) >= 11 is 0. The molecular weight excluding hydrogens is 238 g/mol. The number of carbonyl (C=O) groups is 2. The highest BCUT2D eigenvalue weighted by Crippen LogP contribution is 2.05. The topological polar surface area (TPSA) is 101 Å². The molecule has 0 aliphatic heterocycles. The molecule has 1 aromatic rings. The number of aromatic carboxylic acids is 1. The number of hydrogen-bond acceptors (Lipinski definition) is 4. The van der Waals surface area contributed by atoms with Crippen LogP contribution in [-0.2, 0) is 4.74 Å². The molecule has 2 amide bonds. The van der Waals surface area contributed by atoms with Gasteiger partial charge in [-0.3, -0.25) is 0 Å². The molecule has 3 N–H and O–H groups in total. The van der Waals surface area contributed by atoms with Crippen LogP contribution in [0, 0.1) is 0 Å². The van der Waals surface area contributed by atoms with Crippen LogP contribution in [0.1, 0.15) is 17.4 Å². The standard InChI is InChI=1S/C11H15N3O4/c1-7(6-18-2)13-11(17)14-8-3-4-9(10(15)16)12-5-8/h3-5,7H,6H2,1-2H3,(H,15,16)(H2,13,14,17). The second-order valence-electron chi connectivity index (χ2n) is 3.69. The van der Waals surface area contributed by atoms with Gasteiger partial charge in [0.1, 0.15) is 5.69 Å². The van der Waals surface area contributed by atoms with Crippen LogP contribution in [0.4, 0.5) is 10.5 Å². The van der Waals surface area contributed by atoms with Gasteiger partial charge in [-0.25, -0.2) is 14.6 Å². The Morgan fingerprint density at radius 3 is 2.72 bits per heavy atom. The number of ether oxygens (including phenoxy) is 1. The summed E-state index contributed by atoms with van der Waals surface area (Å²) in [5.41, 5.74) is 0.343. The van der Waals surface area contributed by atoms with Gasteiger partial charge in [0.15, 0.2) is 0 Å². The fraction of sp³-hybridized carbons (Fsp3) is 0.364. The molecule has 0 fully saturated rings. The fourth-order valence-electron chi connectivity index (χ4n) is 1.28. The minimum Gasteiger partial charge on any atom is -0.477 e. The highest BCUT2D eigenvalue weighted by Gasteiger charge is 2.08. The Balaban J connectivity index is 2.51. The third-order valence-corrected chi connectivity index (χ3v) is 2.03. The number of carbonyl (C=O) groups excluding carboxylic acids is 1. The molecule has 0 aliphatic carbocycles. The number of methoxy groups -OCH3 is 1. The lowest BCUT2D eigenvalue weighted by Crippen LogP contribution is -2.38. The minimum atomic E-state index is -1.11. The second kappa shape index (κ2) is 6.55. The van der Waals surface area contributed by atoms with Crippen molar-refractivity contribution in [2.45, 2.75) is 13.0 Å². The van der Waals surface area contributed by atoms with E-state index in [9.17, 15) is 9.59 Å². The first-order chi connectivity index (χ1) is 8.52. The number of nitrogens with zero attached hydrogens (tertiary/aromatic N) is 1. The highest BCUT2D eigenvalue weighted by atomic mass is 16.5. The molecule has 0 bridgehead atoms. The number of carboxylic acid groups (broad SMARTS) is 1. The Kier molecular flexibility index (Phi) is 5.06. The molecule has 0 saturated carbocycles. The Labute approximate surface area is 104 Å². The van der Waals surface area contributed by atoms with Crippen LogP contribution < -0.4 is 10.6 Å². The van der Waals surface area contributed by atoms with E-state index in [0.717, 1.165) is 0 Å². The average molecular weight is 253 g/mol. The summed E-state index contributed by atoms with van der Waals surface area (Å²) in [6, 6.07) is 2.26. The first kappa shape index (κ1) is 13.9. The number of aromatic nitrogens is 1. The molecule has 7 nitrogen and oxygen atoms in total. The van der Waals surface area contributed by atoms with Gasteiger partial charge in [-0.1, -0.05) is 0 Å². The van der Waals surface area contributed by atoms with Gasteiger partial charge in [-0.2, -0.15) is 0 Å².